The number of hydrogen-bond donors (Lipinski definition) is 1. The van der Waals surface area contributed by atoms with Gasteiger partial charge in [0.2, 0.25) is 0 Å². The molecule has 0 aliphatic heterocycles. The van der Waals surface area contributed by atoms with E-state index in [-0.39, 0.29) is 0 Å². The third-order valence-corrected chi connectivity index (χ3v) is 3.29. The van der Waals surface area contributed by atoms with E-state index in [1.165, 1.54) is 11.1 Å². The number of nitrogens with zero attached hydrogens (tertiary/aromatic N) is 4. The van der Waals surface area contributed by atoms with Gasteiger partial charge in [-0.15, -0.1) is 0 Å². The van der Waals surface area contributed by atoms with Gasteiger partial charge in [-0.1, -0.05) is 0 Å². The second-order valence-electron chi connectivity index (χ2n) is 4.61. The zero-order valence-corrected chi connectivity index (χ0v) is 11.0. The van der Waals surface area contributed by atoms with Crippen molar-refractivity contribution in [3.63, 3.8) is 0 Å². The molecule has 2 aromatic heterocycles. The first-order valence-electron chi connectivity index (χ1n) is 6.14. The molecule has 0 saturated heterocycles. The molecular formula is C14H15N5. The Morgan fingerprint density at radius 2 is 1.95 bits per heavy atom. The molecule has 0 aliphatic rings. The topological polar surface area (TPSA) is 69.6 Å². The van der Waals surface area contributed by atoms with Gasteiger partial charge >= 0.3 is 0 Å². The van der Waals surface area contributed by atoms with Crippen molar-refractivity contribution in [1.29, 1.82) is 0 Å². The second kappa shape index (κ2) is 4.44. The van der Waals surface area contributed by atoms with E-state index < -0.39 is 0 Å². The van der Waals surface area contributed by atoms with Gasteiger partial charge in [0.15, 0.2) is 5.82 Å². The molecule has 3 rings (SSSR count). The summed E-state index contributed by atoms with van der Waals surface area (Å²) in [4.78, 5) is 13.1. The van der Waals surface area contributed by atoms with Crippen LogP contribution in [-0.4, -0.2) is 19.5 Å². The average molecular weight is 253 g/mol. The van der Waals surface area contributed by atoms with E-state index in [0.29, 0.717) is 6.54 Å². The third-order valence-electron chi connectivity index (χ3n) is 3.29. The maximum absolute atomic E-state index is 5.60. The van der Waals surface area contributed by atoms with E-state index in [1.807, 2.05) is 4.57 Å². The van der Waals surface area contributed by atoms with E-state index in [2.05, 4.69) is 40.9 Å². The predicted molar refractivity (Wildman–Crippen MR) is 74.0 cm³/mol. The molecule has 1 aromatic carbocycles. The molecule has 2 heterocycles. The normalized spacial score (nSPS) is 11.1. The summed E-state index contributed by atoms with van der Waals surface area (Å²) in [6, 6.07) is 4.20. The fourth-order valence-corrected chi connectivity index (χ4v) is 2.06. The quantitative estimate of drug-likeness (QED) is 0.757. The van der Waals surface area contributed by atoms with Gasteiger partial charge in [-0.25, -0.2) is 9.97 Å². The van der Waals surface area contributed by atoms with Gasteiger partial charge in [-0.2, -0.15) is 0 Å². The molecule has 0 aliphatic carbocycles. The van der Waals surface area contributed by atoms with Crippen LogP contribution >= 0.6 is 0 Å². The second-order valence-corrected chi connectivity index (χ2v) is 4.61. The SMILES string of the molecule is Cc1cc2ncn(-c3cncc(CN)n3)c2cc1C. The van der Waals surface area contributed by atoms with Gasteiger partial charge in [-0.3, -0.25) is 9.55 Å². The first-order chi connectivity index (χ1) is 9.19. The van der Waals surface area contributed by atoms with Crippen molar-refractivity contribution < 1.29 is 0 Å². The number of imidazole rings is 1. The molecular weight excluding hydrogens is 238 g/mol. The van der Waals surface area contributed by atoms with E-state index >= 15 is 0 Å². The first kappa shape index (κ1) is 11.8. The van der Waals surface area contributed by atoms with Gasteiger partial charge in [0.1, 0.15) is 6.33 Å². The molecule has 0 spiro atoms. The minimum atomic E-state index is 0.381. The highest BCUT2D eigenvalue weighted by atomic mass is 15.1. The Kier molecular flexibility index (Phi) is 2.76. The smallest absolute Gasteiger partial charge is 0.157 e. The number of aryl methyl sites for hydroxylation is 2. The molecule has 0 bridgehead atoms. The molecule has 5 nitrogen and oxygen atoms in total. The Morgan fingerprint density at radius 1 is 1.16 bits per heavy atom. The largest absolute Gasteiger partial charge is 0.325 e. The predicted octanol–water partition coefficient (Wildman–Crippen LogP) is 1.89. The lowest BCUT2D eigenvalue weighted by atomic mass is 10.1. The Balaban J connectivity index is 2.22. The monoisotopic (exact) mass is 253 g/mol. The molecule has 0 amide bonds. The first-order valence-corrected chi connectivity index (χ1v) is 6.14. The van der Waals surface area contributed by atoms with Crippen LogP contribution in [0.5, 0.6) is 0 Å². The number of rotatable bonds is 2. The Morgan fingerprint density at radius 3 is 2.74 bits per heavy atom. The van der Waals surface area contributed by atoms with Crippen LogP contribution in [0.4, 0.5) is 0 Å². The van der Waals surface area contributed by atoms with Crippen molar-refractivity contribution in [2.75, 3.05) is 0 Å². The molecule has 96 valence electrons. The molecule has 0 saturated carbocycles. The van der Waals surface area contributed by atoms with Gasteiger partial charge in [0.25, 0.3) is 0 Å². The van der Waals surface area contributed by atoms with Crippen molar-refractivity contribution in [2.45, 2.75) is 20.4 Å². The van der Waals surface area contributed by atoms with Crippen LogP contribution in [0.3, 0.4) is 0 Å². The summed E-state index contributed by atoms with van der Waals surface area (Å²) < 4.78 is 1.94. The van der Waals surface area contributed by atoms with Crippen molar-refractivity contribution in [2.24, 2.45) is 5.73 Å². The summed E-state index contributed by atoms with van der Waals surface area (Å²) in [5, 5.41) is 0. The molecule has 5 heteroatoms. The number of benzene rings is 1. The lowest BCUT2D eigenvalue weighted by molar-refractivity contribution is 0.911. The number of hydrogen-bond acceptors (Lipinski definition) is 4. The average Bonchev–Trinajstić information content (AvgIpc) is 2.82. The van der Waals surface area contributed by atoms with Gasteiger partial charge in [0, 0.05) is 12.7 Å². The summed E-state index contributed by atoms with van der Waals surface area (Å²) >= 11 is 0. The van der Waals surface area contributed by atoms with Gasteiger partial charge in [0.05, 0.1) is 22.9 Å². The fourth-order valence-electron chi connectivity index (χ4n) is 2.06. The summed E-state index contributed by atoms with van der Waals surface area (Å²) in [6.45, 7) is 4.56. The molecule has 19 heavy (non-hydrogen) atoms. The Bertz CT molecular complexity index is 745. The van der Waals surface area contributed by atoms with Crippen LogP contribution in [0.25, 0.3) is 16.9 Å². The highest BCUT2D eigenvalue weighted by molar-refractivity contribution is 5.78. The maximum Gasteiger partial charge on any atom is 0.157 e. The van der Waals surface area contributed by atoms with Gasteiger partial charge in [-0.05, 0) is 37.1 Å². The lowest BCUT2D eigenvalue weighted by Gasteiger charge is -2.06. The summed E-state index contributed by atoms with van der Waals surface area (Å²) in [5.74, 6) is 0.744. The minimum absolute atomic E-state index is 0.381. The van der Waals surface area contributed by atoms with Crippen LogP contribution in [0, 0.1) is 13.8 Å². The Labute approximate surface area is 111 Å². The standard InChI is InChI=1S/C14H15N5/c1-9-3-12-13(4-10(9)2)19(8-17-12)14-7-16-6-11(5-15)18-14/h3-4,6-8H,5,15H2,1-2H3. The van der Waals surface area contributed by atoms with Crippen molar-refractivity contribution in [3.05, 3.63) is 47.7 Å². The molecule has 0 radical (unpaired) electrons. The number of aromatic nitrogens is 4. The molecule has 0 unspecified atom stereocenters. The summed E-state index contributed by atoms with van der Waals surface area (Å²) in [7, 11) is 0. The maximum atomic E-state index is 5.60. The fraction of sp³-hybridized carbons (Fsp3) is 0.214. The van der Waals surface area contributed by atoms with Gasteiger partial charge < -0.3 is 5.73 Å². The third kappa shape index (κ3) is 1.98. The van der Waals surface area contributed by atoms with Crippen LogP contribution in [0.15, 0.2) is 30.9 Å². The van der Waals surface area contributed by atoms with Crippen LogP contribution in [0.2, 0.25) is 0 Å². The highest BCUT2D eigenvalue weighted by Crippen LogP contribution is 2.20. The van der Waals surface area contributed by atoms with Crippen LogP contribution in [0.1, 0.15) is 16.8 Å². The summed E-state index contributed by atoms with van der Waals surface area (Å²) in [5.41, 5.74) is 10.8. The summed E-state index contributed by atoms with van der Waals surface area (Å²) in [6.07, 6.45) is 5.17. The number of fused-ring (bicyclic) bond motifs is 1. The Hall–Kier alpha value is -2.27. The van der Waals surface area contributed by atoms with Crippen LogP contribution in [-0.2, 0) is 6.54 Å². The van der Waals surface area contributed by atoms with Crippen LogP contribution < -0.4 is 5.73 Å². The highest BCUT2D eigenvalue weighted by Gasteiger charge is 2.08. The van der Waals surface area contributed by atoms with Crippen molar-refractivity contribution in [1.82, 2.24) is 19.5 Å². The molecule has 2 N–H and O–H groups in total. The molecule has 0 atom stereocenters. The van der Waals surface area contributed by atoms with Crippen molar-refractivity contribution >= 4 is 11.0 Å². The van der Waals surface area contributed by atoms with Crippen molar-refractivity contribution in [3.8, 4) is 5.82 Å². The molecule has 0 fully saturated rings. The van der Waals surface area contributed by atoms with E-state index in [4.69, 9.17) is 5.73 Å². The lowest BCUT2D eigenvalue weighted by Crippen LogP contribution is -2.04. The number of nitrogens with two attached hydrogens (primary N) is 1. The minimum Gasteiger partial charge on any atom is -0.325 e. The van der Waals surface area contributed by atoms with E-state index in [9.17, 15) is 0 Å². The zero-order valence-electron chi connectivity index (χ0n) is 11.0. The molecule has 3 aromatic rings. The zero-order chi connectivity index (χ0) is 13.4. The van der Waals surface area contributed by atoms with E-state index in [0.717, 1.165) is 22.5 Å². The van der Waals surface area contributed by atoms with E-state index in [1.54, 1.807) is 18.7 Å².